The van der Waals surface area contributed by atoms with Crippen LogP contribution in [0.15, 0.2) is 0 Å². The Balaban J connectivity index is 2.42. The molecule has 0 spiro atoms. The smallest absolute Gasteiger partial charge is 0.222 e. The summed E-state index contributed by atoms with van der Waals surface area (Å²) < 4.78 is 0. The molecule has 1 saturated heterocycles. The van der Waals surface area contributed by atoms with Gasteiger partial charge in [-0.1, -0.05) is 6.92 Å². The van der Waals surface area contributed by atoms with Gasteiger partial charge < -0.3 is 15.5 Å². The highest BCUT2D eigenvalue weighted by Crippen LogP contribution is 2.20. The summed E-state index contributed by atoms with van der Waals surface area (Å²) in [5.41, 5.74) is 5.66. The third kappa shape index (κ3) is 3.46. The van der Waals surface area contributed by atoms with E-state index in [-0.39, 0.29) is 11.9 Å². The summed E-state index contributed by atoms with van der Waals surface area (Å²) in [6, 6.07) is 0.618. The Morgan fingerprint density at radius 2 is 2.12 bits per heavy atom. The van der Waals surface area contributed by atoms with Crippen LogP contribution in [0.1, 0.15) is 26.7 Å². The zero-order chi connectivity index (χ0) is 12.3. The van der Waals surface area contributed by atoms with Gasteiger partial charge in [0.25, 0.3) is 0 Å². The van der Waals surface area contributed by atoms with Crippen LogP contribution in [0.25, 0.3) is 0 Å². The number of nitrogens with zero attached hydrogens (tertiary/aromatic N) is 2. The van der Waals surface area contributed by atoms with Crippen molar-refractivity contribution in [3.05, 3.63) is 0 Å². The maximum Gasteiger partial charge on any atom is 0.222 e. The molecule has 1 amide bonds. The molecular formula is C12H25N3O. The van der Waals surface area contributed by atoms with Crippen molar-refractivity contribution in [2.24, 2.45) is 11.7 Å². The molecule has 4 nitrogen and oxygen atoms in total. The third-order valence-electron chi connectivity index (χ3n) is 3.40. The number of likely N-dealkylation sites (tertiary alicyclic amines) is 1. The van der Waals surface area contributed by atoms with Crippen molar-refractivity contribution >= 4 is 5.91 Å². The first-order valence-electron chi connectivity index (χ1n) is 6.11. The highest BCUT2D eigenvalue weighted by atomic mass is 16.2. The van der Waals surface area contributed by atoms with E-state index in [9.17, 15) is 4.79 Å². The van der Waals surface area contributed by atoms with Crippen LogP contribution in [-0.4, -0.2) is 55.0 Å². The summed E-state index contributed by atoms with van der Waals surface area (Å²) in [5, 5.41) is 0. The highest BCUT2D eigenvalue weighted by molar-refractivity contribution is 5.76. The van der Waals surface area contributed by atoms with E-state index >= 15 is 0 Å². The van der Waals surface area contributed by atoms with Crippen molar-refractivity contribution in [2.45, 2.75) is 38.8 Å². The van der Waals surface area contributed by atoms with E-state index in [1.807, 2.05) is 11.8 Å². The van der Waals surface area contributed by atoms with Gasteiger partial charge in [-0.15, -0.1) is 0 Å². The molecule has 1 fully saturated rings. The average Bonchev–Trinajstić information content (AvgIpc) is 2.56. The Labute approximate surface area is 98.8 Å². The fourth-order valence-corrected chi connectivity index (χ4v) is 2.33. The highest BCUT2D eigenvalue weighted by Gasteiger charge is 2.33. The number of nitrogens with two attached hydrogens (primary N) is 1. The van der Waals surface area contributed by atoms with Gasteiger partial charge in [-0.3, -0.25) is 4.79 Å². The Morgan fingerprint density at radius 1 is 1.50 bits per heavy atom. The monoisotopic (exact) mass is 227 g/mol. The molecule has 0 saturated carbocycles. The van der Waals surface area contributed by atoms with Crippen LogP contribution in [0.4, 0.5) is 0 Å². The van der Waals surface area contributed by atoms with Gasteiger partial charge in [0.05, 0.1) is 0 Å². The molecule has 1 aliphatic rings. The molecule has 4 heteroatoms. The van der Waals surface area contributed by atoms with E-state index in [1.165, 1.54) is 0 Å². The van der Waals surface area contributed by atoms with Gasteiger partial charge in [0.2, 0.25) is 5.91 Å². The third-order valence-corrected chi connectivity index (χ3v) is 3.40. The van der Waals surface area contributed by atoms with Gasteiger partial charge in [0.1, 0.15) is 0 Å². The molecule has 0 bridgehead atoms. The van der Waals surface area contributed by atoms with Crippen LogP contribution in [-0.2, 0) is 4.79 Å². The van der Waals surface area contributed by atoms with Crippen LogP contribution in [0.5, 0.6) is 0 Å². The van der Waals surface area contributed by atoms with Crippen LogP contribution < -0.4 is 5.73 Å². The fraction of sp³-hybridized carbons (Fsp3) is 0.917. The molecule has 0 aliphatic carbocycles. The zero-order valence-electron chi connectivity index (χ0n) is 10.9. The van der Waals surface area contributed by atoms with Crippen LogP contribution in [0.3, 0.4) is 0 Å². The number of likely N-dealkylation sites (N-methyl/N-ethyl adjacent to an activating group) is 1. The van der Waals surface area contributed by atoms with Gasteiger partial charge in [0, 0.05) is 31.6 Å². The molecule has 2 N–H and O–H groups in total. The molecule has 3 unspecified atom stereocenters. The standard InChI is InChI=1S/C12H25N3O/c1-9-7-15(8-11(9)14(3)4)12(16)6-5-10(2)13/h9-11H,5-8,13H2,1-4H3. The Bertz CT molecular complexity index is 240. The lowest BCUT2D eigenvalue weighted by Crippen LogP contribution is -2.36. The second-order valence-electron chi connectivity index (χ2n) is 5.32. The molecule has 1 rings (SSSR count). The minimum atomic E-state index is 0.119. The number of carbonyl (C=O) groups is 1. The normalized spacial score (nSPS) is 27.5. The lowest BCUT2D eigenvalue weighted by molar-refractivity contribution is -0.130. The van der Waals surface area contributed by atoms with Crippen molar-refractivity contribution in [2.75, 3.05) is 27.2 Å². The predicted molar refractivity (Wildman–Crippen MR) is 66.1 cm³/mol. The molecule has 1 aliphatic heterocycles. The van der Waals surface area contributed by atoms with Crippen molar-refractivity contribution < 1.29 is 4.79 Å². The first-order valence-corrected chi connectivity index (χ1v) is 6.11. The topological polar surface area (TPSA) is 49.6 Å². The molecule has 1 heterocycles. The molecule has 0 aromatic carbocycles. The summed E-state index contributed by atoms with van der Waals surface area (Å²) >= 11 is 0. The predicted octanol–water partition coefficient (Wildman–Crippen LogP) is 0.522. The van der Waals surface area contributed by atoms with Gasteiger partial charge in [0.15, 0.2) is 0 Å². The van der Waals surface area contributed by atoms with Gasteiger partial charge in [-0.25, -0.2) is 0 Å². The zero-order valence-corrected chi connectivity index (χ0v) is 10.9. The Kier molecular flexibility index (Phi) is 4.74. The molecule has 0 radical (unpaired) electrons. The summed E-state index contributed by atoms with van der Waals surface area (Å²) in [5.74, 6) is 0.822. The minimum Gasteiger partial charge on any atom is -0.341 e. The first kappa shape index (κ1) is 13.5. The maximum absolute atomic E-state index is 11.9. The second kappa shape index (κ2) is 5.64. The fourth-order valence-electron chi connectivity index (χ4n) is 2.33. The van der Waals surface area contributed by atoms with Crippen molar-refractivity contribution in [3.63, 3.8) is 0 Å². The van der Waals surface area contributed by atoms with E-state index < -0.39 is 0 Å². The van der Waals surface area contributed by atoms with E-state index in [2.05, 4.69) is 25.9 Å². The van der Waals surface area contributed by atoms with Gasteiger partial charge in [-0.05, 0) is 33.4 Å². The van der Waals surface area contributed by atoms with E-state index in [0.717, 1.165) is 19.5 Å². The summed E-state index contributed by atoms with van der Waals surface area (Å²) in [4.78, 5) is 16.1. The van der Waals surface area contributed by atoms with Crippen LogP contribution in [0.2, 0.25) is 0 Å². The van der Waals surface area contributed by atoms with Crippen LogP contribution >= 0.6 is 0 Å². The number of hydrogen-bond acceptors (Lipinski definition) is 3. The summed E-state index contributed by atoms with van der Waals surface area (Å²) in [6.07, 6.45) is 1.38. The number of hydrogen-bond donors (Lipinski definition) is 1. The molecule has 94 valence electrons. The lowest BCUT2D eigenvalue weighted by atomic mass is 10.1. The molecule has 0 aromatic rings. The Morgan fingerprint density at radius 3 is 2.56 bits per heavy atom. The van der Waals surface area contributed by atoms with Crippen molar-refractivity contribution in [1.29, 1.82) is 0 Å². The quantitative estimate of drug-likeness (QED) is 0.762. The van der Waals surface area contributed by atoms with E-state index in [0.29, 0.717) is 18.4 Å². The number of carbonyl (C=O) groups excluding carboxylic acids is 1. The largest absolute Gasteiger partial charge is 0.341 e. The molecular weight excluding hydrogens is 202 g/mol. The lowest BCUT2D eigenvalue weighted by Gasteiger charge is -2.22. The summed E-state index contributed by atoms with van der Waals surface area (Å²) in [6.45, 7) is 5.92. The SMILES string of the molecule is CC(N)CCC(=O)N1CC(C)C(N(C)C)C1. The molecule has 3 atom stereocenters. The molecule has 16 heavy (non-hydrogen) atoms. The molecule has 0 aromatic heterocycles. The van der Waals surface area contributed by atoms with E-state index in [1.54, 1.807) is 0 Å². The first-order chi connectivity index (χ1) is 7.41. The van der Waals surface area contributed by atoms with Crippen LogP contribution in [0, 0.1) is 5.92 Å². The average molecular weight is 227 g/mol. The van der Waals surface area contributed by atoms with Gasteiger partial charge in [-0.2, -0.15) is 0 Å². The minimum absolute atomic E-state index is 0.119. The van der Waals surface area contributed by atoms with E-state index in [4.69, 9.17) is 5.73 Å². The number of amides is 1. The number of rotatable bonds is 4. The summed E-state index contributed by atoms with van der Waals surface area (Å²) in [7, 11) is 4.16. The second-order valence-corrected chi connectivity index (χ2v) is 5.32. The maximum atomic E-state index is 11.9. The van der Waals surface area contributed by atoms with Gasteiger partial charge >= 0.3 is 0 Å². The van der Waals surface area contributed by atoms with Crippen molar-refractivity contribution in [3.8, 4) is 0 Å². The van der Waals surface area contributed by atoms with Crippen molar-refractivity contribution in [1.82, 2.24) is 9.80 Å². The Hall–Kier alpha value is -0.610.